The first-order valence-corrected chi connectivity index (χ1v) is 13.7. The number of amides is 1. The van der Waals surface area contributed by atoms with Gasteiger partial charge in [-0.05, 0) is 55.5 Å². The van der Waals surface area contributed by atoms with E-state index in [1.54, 1.807) is 24.9 Å². The molecule has 2 heterocycles. The lowest BCUT2D eigenvalue weighted by Gasteiger charge is -2.36. The number of piperazine rings is 1. The third-order valence-corrected chi connectivity index (χ3v) is 8.67. The zero-order valence-electron chi connectivity index (χ0n) is 19.8. The number of carbonyl (C=O) groups is 1. The molecule has 1 N–H and O–H groups in total. The summed E-state index contributed by atoms with van der Waals surface area (Å²) in [4.78, 5) is 16.2. The topological polar surface area (TPSA) is 87.5 Å². The minimum Gasteiger partial charge on any atom is -0.369 e. The van der Waals surface area contributed by atoms with Gasteiger partial charge in [-0.15, -0.1) is 11.8 Å². The molecular weight excluding hydrogens is 470 g/mol. The number of rotatable bonds is 6. The van der Waals surface area contributed by atoms with Crippen molar-refractivity contribution in [2.24, 2.45) is 7.05 Å². The largest absolute Gasteiger partial charge is 0.369 e. The number of nitrogens with zero attached hydrogens (tertiary/aromatic N) is 4. The summed E-state index contributed by atoms with van der Waals surface area (Å²) in [5, 5.41) is 6.76. The van der Waals surface area contributed by atoms with Crippen molar-refractivity contribution in [2.45, 2.75) is 23.8 Å². The van der Waals surface area contributed by atoms with Crippen molar-refractivity contribution in [1.82, 2.24) is 14.1 Å². The Morgan fingerprint density at radius 2 is 1.76 bits per heavy atom. The number of carbonyl (C=O) groups excluding carboxylic acids is 1. The lowest BCUT2D eigenvalue weighted by atomic mass is 10.1. The van der Waals surface area contributed by atoms with Crippen molar-refractivity contribution in [3.05, 3.63) is 65.4 Å². The average Bonchev–Trinajstić information content (AvgIpc) is 3.24. The van der Waals surface area contributed by atoms with Gasteiger partial charge in [0.05, 0.1) is 5.56 Å². The Balaban J connectivity index is 1.53. The Hall–Kier alpha value is -2.82. The number of nitrogens with one attached hydrogen (secondary N) is 1. The fourth-order valence-electron chi connectivity index (χ4n) is 4.08. The molecule has 4 rings (SSSR count). The molecule has 0 radical (unpaired) electrons. The molecule has 1 fully saturated rings. The Kier molecular flexibility index (Phi) is 7.01. The van der Waals surface area contributed by atoms with Gasteiger partial charge in [-0.25, -0.2) is 8.42 Å². The molecule has 0 aliphatic carbocycles. The fourth-order valence-corrected chi connectivity index (χ4v) is 6.09. The van der Waals surface area contributed by atoms with Crippen molar-refractivity contribution >= 4 is 39.1 Å². The lowest BCUT2D eigenvalue weighted by molar-refractivity contribution is 0.102. The Labute approximate surface area is 205 Å². The van der Waals surface area contributed by atoms with E-state index in [9.17, 15) is 13.2 Å². The van der Waals surface area contributed by atoms with Crippen LogP contribution in [0.15, 0.2) is 58.6 Å². The summed E-state index contributed by atoms with van der Waals surface area (Å²) in [5.74, 6) is -0.501. The molecule has 1 amide bonds. The van der Waals surface area contributed by atoms with E-state index in [0.29, 0.717) is 31.9 Å². The number of benzene rings is 2. The molecule has 0 saturated carbocycles. The van der Waals surface area contributed by atoms with Crippen LogP contribution in [0.25, 0.3) is 0 Å². The van der Waals surface area contributed by atoms with Crippen LogP contribution in [-0.4, -0.2) is 60.8 Å². The highest BCUT2D eigenvalue weighted by atomic mass is 32.2. The first-order chi connectivity index (χ1) is 16.2. The number of hydrogen-bond donors (Lipinski definition) is 1. The SMILES string of the molecule is CSc1cccc(NC(=O)c2cn(C)nc2S(=O)(=O)N2CCN(c3cccc(C)c3C)CC2)c1. The van der Waals surface area contributed by atoms with Crippen LogP contribution in [0, 0.1) is 13.8 Å². The van der Waals surface area contributed by atoms with Gasteiger partial charge in [-0.3, -0.25) is 9.48 Å². The van der Waals surface area contributed by atoms with Crippen LogP contribution in [-0.2, 0) is 17.1 Å². The molecule has 1 aliphatic heterocycles. The summed E-state index contributed by atoms with van der Waals surface area (Å²) < 4.78 is 29.8. The van der Waals surface area contributed by atoms with Crippen LogP contribution in [0.2, 0.25) is 0 Å². The molecule has 0 bridgehead atoms. The minimum atomic E-state index is -3.94. The first-order valence-electron chi connectivity index (χ1n) is 11.0. The van der Waals surface area contributed by atoms with E-state index in [-0.39, 0.29) is 10.6 Å². The van der Waals surface area contributed by atoms with Crippen molar-refractivity contribution in [1.29, 1.82) is 0 Å². The van der Waals surface area contributed by atoms with E-state index >= 15 is 0 Å². The molecule has 0 spiro atoms. The van der Waals surface area contributed by atoms with E-state index < -0.39 is 15.9 Å². The van der Waals surface area contributed by atoms with Crippen LogP contribution >= 0.6 is 11.8 Å². The van der Waals surface area contributed by atoms with Crippen LogP contribution in [0.4, 0.5) is 11.4 Å². The maximum Gasteiger partial charge on any atom is 0.263 e. The molecular formula is C24H29N5O3S2. The molecule has 180 valence electrons. The number of aromatic nitrogens is 2. The van der Waals surface area contributed by atoms with Gasteiger partial charge < -0.3 is 10.2 Å². The molecule has 1 aromatic heterocycles. The molecule has 0 atom stereocenters. The second kappa shape index (κ2) is 9.81. The summed E-state index contributed by atoms with van der Waals surface area (Å²) in [6.07, 6.45) is 3.40. The van der Waals surface area contributed by atoms with Gasteiger partial charge in [0, 0.05) is 55.7 Å². The van der Waals surface area contributed by atoms with Gasteiger partial charge in [-0.1, -0.05) is 18.2 Å². The normalized spacial score (nSPS) is 14.9. The van der Waals surface area contributed by atoms with Crippen molar-refractivity contribution in [3.8, 4) is 0 Å². The second-order valence-corrected chi connectivity index (χ2v) is 11.1. The second-order valence-electron chi connectivity index (χ2n) is 8.32. The van der Waals surface area contributed by atoms with E-state index in [2.05, 4.69) is 41.3 Å². The Bertz CT molecular complexity index is 1310. The van der Waals surface area contributed by atoms with Gasteiger partial charge in [0.1, 0.15) is 0 Å². The number of sulfonamides is 1. The van der Waals surface area contributed by atoms with Gasteiger partial charge >= 0.3 is 0 Å². The molecule has 1 aliphatic rings. The van der Waals surface area contributed by atoms with E-state index in [1.807, 2.05) is 30.5 Å². The van der Waals surface area contributed by atoms with Gasteiger partial charge in [0.25, 0.3) is 15.9 Å². The standard InChI is InChI=1S/C24H29N5O3S2/c1-17-7-5-10-22(18(17)2)28-11-13-29(14-12-28)34(31,32)24-21(16-27(3)26-24)23(30)25-19-8-6-9-20(15-19)33-4/h5-10,15-16H,11-14H2,1-4H3,(H,25,30). The monoisotopic (exact) mass is 499 g/mol. The van der Waals surface area contributed by atoms with Gasteiger partial charge in [0.15, 0.2) is 0 Å². The summed E-state index contributed by atoms with van der Waals surface area (Å²) >= 11 is 1.56. The summed E-state index contributed by atoms with van der Waals surface area (Å²) in [6.45, 7) is 5.94. The molecule has 34 heavy (non-hydrogen) atoms. The zero-order valence-corrected chi connectivity index (χ0v) is 21.4. The maximum absolute atomic E-state index is 13.5. The average molecular weight is 500 g/mol. The van der Waals surface area contributed by atoms with Gasteiger partial charge in [0.2, 0.25) is 5.03 Å². The smallest absolute Gasteiger partial charge is 0.263 e. The zero-order chi connectivity index (χ0) is 24.5. The third kappa shape index (κ3) is 4.84. The van der Waals surface area contributed by atoms with Crippen molar-refractivity contribution < 1.29 is 13.2 Å². The molecule has 3 aromatic rings. The van der Waals surface area contributed by atoms with E-state index in [4.69, 9.17) is 0 Å². The van der Waals surface area contributed by atoms with Crippen LogP contribution in [0.1, 0.15) is 21.5 Å². The van der Waals surface area contributed by atoms with Crippen LogP contribution in [0.5, 0.6) is 0 Å². The molecule has 2 aromatic carbocycles. The number of anilines is 2. The Morgan fingerprint density at radius 3 is 2.47 bits per heavy atom. The molecule has 8 nitrogen and oxygen atoms in total. The Morgan fingerprint density at radius 1 is 1.06 bits per heavy atom. The quantitative estimate of drug-likeness (QED) is 0.522. The van der Waals surface area contributed by atoms with Gasteiger partial charge in [-0.2, -0.15) is 9.40 Å². The minimum absolute atomic E-state index is 0.0361. The highest BCUT2D eigenvalue weighted by molar-refractivity contribution is 7.98. The number of hydrogen-bond acceptors (Lipinski definition) is 6. The number of thioether (sulfide) groups is 1. The first kappa shape index (κ1) is 24.3. The van der Waals surface area contributed by atoms with Crippen LogP contribution in [0.3, 0.4) is 0 Å². The predicted octanol–water partition coefficient (Wildman–Crippen LogP) is 3.52. The van der Waals surface area contributed by atoms with E-state index in [0.717, 1.165) is 10.6 Å². The summed E-state index contributed by atoms with van der Waals surface area (Å²) in [5.41, 5.74) is 4.18. The van der Waals surface area contributed by atoms with E-state index in [1.165, 1.54) is 26.3 Å². The predicted molar refractivity (Wildman–Crippen MR) is 136 cm³/mol. The van der Waals surface area contributed by atoms with Crippen LogP contribution < -0.4 is 10.2 Å². The molecule has 0 unspecified atom stereocenters. The fraction of sp³-hybridized carbons (Fsp3) is 0.333. The molecule has 1 saturated heterocycles. The maximum atomic E-state index is 13.5. The number of aryl methyl sites for hydroxylation is 2. The summed E-state index contributed by atoms with van der Waals surface area (Å²) in [6, 6.07) is 13.6. The highest BCUT2D eigenvalue weighted by Crippen LogP contribution is 2.27. The lowest BCUT2D eigenvalue weighted by Crippen LogP contribution is -2.49. The highest BCUT2D eigenvalue weighted by Gasteiger charge is 2.34. The third-order valence-electron chi connectivity index (χ3n) is 6.11. The molecule has 10 heteroatoms. The summed E-state index contributed by atoms with van der Waals surface area (Å²) in [7, 11) is -2.32. The van der Waals surface area contributed by atoms with Crippen molar-refractivity contribution in [2.75, 3.05) is 42.7 Å². The van der Waals surface area contributed by atoms with Crippen molar-refractivity contribution in [3.63, 3.8) is 0 Å².